The third-order valence-corrected chi connectivity index (χ3v) is 3.81. The van der Waals surface area contributed by atoms with E-state index in [0.717, 1.165) is 5.56 Å². The van der Waals surface area contributed by atoms with Gasteiger partial charge in [-0.1, -0.05) is 42.5 Å². The molecule has 0 aromatic heterocycles. The van der Waals surface area contributed by atoms with Crippen LogP contribution < -0.4 is 0 Å². The summed E-state index contributed by atoms with van der Waals surface area (Å²) < 4.78 is 12.9. The van der Waals surface area contributed by atoms with Gasteiger partial charge in [-0.2, -0.15) is 0 Å². The van der Waals surface area contributed by atoms with Gasteiger partial charge in [-0.3, -0.25) is 9.79 Å². The van der Waals surface area contributed by atoms with Crippen molar-refractivity contribution in [3.63, 3.8) is 0 Å². The number of halogens is 1. The van der Waals surface area contributed by atoms with Crippen LogP contribution in [0.1, 0.15) is 24.0 Å². The number of carbonyl (C=O) groups excluding carboxylic acids is 1. The Hall–Kier alpha value is -2.75. The molecule has 1 aliphatic rings. The molecule has 0 saturated heterocycles. The van der Waals surface area contributed by atoms with Gasteiger partial charge < -0.3 is 5.11 Å². The number of rotatable bonds is 3. The number of aliphatic hydroxyl groups is 1. The van der Waals surface area contributed by atoms with Crippen LogP contribution in [0, 0.1) is 5.82 Å². The molecular formula is C19H16FNO2. The second-order valence-corrected chi connectivity index (χ2v) is 5.40. The van der Waals surface area contributed by atoms with Crippen molar-refractivity contribution < 1.29 is 14.3 Å². The van der Waals surface area contributed by atoms with Gasteiger partial charge in [0.05, 0.1) is 17.8 Å². The van der Waals surface area contributed by atoms with Gasteiger partial charge in [-0.15, -0.1) is 0 Å². The maximum absolute atomic E-state index is 12.9. The van der Waals surface area contributed by atoms with E-state index >= 15 is 0 Å². The van der Waals surface area contributed by atoms with Crippen molar-refractivity contribution in [1.82, 2.24) is 0 Å². The predicted molar refractivity (Wildman–Crippen MR) is 87.8 cm³/mol. The Kier molecular flexibility index (Phi) is 4.33. The van der Waals surface area contributed by atoms with Crippen LogP contribution in [0.3, 0.4) is 0 Å². The minimum atomic E-state index is -0.292. The van der Waals surface area contributed by atoms with Crippen molar-refractivity contribution in [2.45, 2.75) is 19.4 Å². The van der Waals surface area contributed by atoms with Crippen molar-refractivity contribution in [3.05, 3.63) is 77.1 Å². The normalized spacial score (nSPS) is 18.5. The summed E-state index contributed by atoms with van der Waals surface area (Å²) in [7, 11) is 0. The van der Waals surface area contributed by atoms with E-state index in [-0.39, 0.29) is 17.4 Å². The van der Waals surface area contributed by atoms with Gasteiger partial charge >= 0.3 is 0 Å². The molecule has 2 aromatic carbocycles. The van der Waals surface area contributed by atoms with Crippen LogP contribution in [0.2, 0.25) is 0 Å². The molecule has 2 aromatic rings. The van der Waals surface area contributed by atoms with E-state index in [4.69, 9.17) is 0 Å². The summed E-state index contributed by atoms with van der Waals surface area (Å²) in [5.74, 6) is -0.407. The van der Waals surface area contributed by atoms with E-state index in [9.17, 15) is 14.3 Å². The number of Topliss-reactive ketones (excluding diaryl/α,β-unsaturated/α-hetero) is 1. The molecule has 23 heavy (non-hydrogen) atoms. The molecular weight excluding hydrogens is 293 g/mol. The molecule has 0 spiro atoms. The number of nitrogens with zero attached hydrogens (tertiary/aromatic N) is 1. The molecule has 0 radical (unpaired) electrons. The fourth-order valence-corrected chi connectivity index (χ4v) is 2.59. The molecule has 0 atom stereocenters. The van der Waals surface area contributed by atoms with Crippen molar-refractivity contribution in [1.29, 1.82) is 0 Å². The first-order chi connectivity index (χ1) is 11.1. The number of aliphatic imine (C=N–C) groups is 1. The van der Waals surface area contributed by atoms with E-state index in [1.54, 1.807) is 36.4 Å². The average Bonchev–Trinajstić information content (AvgIpc) is 2.95. The minimum Gasteiger partial charge on any atom is -0.506 e. The Labute approximate surface area is 133 Å². The van der Waals surface area contributed by atoms with Crippen LogP contribution >= 0.6 is 0 Å². The number of benzene rings is 2. The van der Waals surface area contributed by atoms with Crippen LogP contribution in [-0.4, -0.2) is 16.6 Å². The molecule has 0 unspecified atom stereocenters. The molecule has 1 aliphatic carbocycles. The topological polar surface area (TPSA) is 49.7 Å². The fraction of sp³-hybridized carbons (Fsp3) is 0.158. The summed E-state index contributed by atoms with van der Waals surface area (Å²) in [6.45, 7) is 0.356. The maximum atomic E-state index is 12.9. The molecule has 1 fully saturated rings. The summed E-state index contributed by atoms with van der Waals surface area (Å²) in [6.07, 6.45) is 0.876. The average molecular weight is 309 g/mol. The predicted octanol–water partition coefficient (Wildman–Crippen LogP) is 4.10. The monoisotopic (exact) mass is 309 g/mol. The number of carbonyl (C=O) groups is 1. The number of aliphatic hydroxyl groups excluding tert-OH is 1. The van der Waals surface area contributed by atoms with Crippen LogP contribution in [0.5, 0.6) is 0 Å². The Morgan fingerprint density at radius 3 is 2.43 bits per heavy atom. The second-order valence-electron chi connectivity index (χ2n) is 5.40. The lowest BCUT2D eigenvalue weighted by atomic mass is 10.1. The van der Waals surface area contributed by atoms with E-state index in [2.05, 4.69) is 4.99 Å². The van der Waals surface area contributed by atoms with E-state index in [0.29, 0.717) is 36.2 Å². The van der Waals surface area contributed by atoms with Gasteiger partial charge in [0.2, 0.25) is 0 Å². The largest absolute Gasteiger partial charge is 0.506 e. The first-order valence-electron chi connectivity index (χ1n) is 7.45. The third kappa shape index (κ3) is 3.37. The Morgan fingerprint density at radius 2 is 1.74 bits per heavy atom. The zero-order chi connectivity index (χ0) is 16.2. The summed E-state index contributed by atoms with van der Waals surface area (Å²) in [5.41, 5.74) is 2.38. The maximum Gasteiger partial charge on any atom is 0.168 e. The Bertz CT molecular complexity index is 777. The van der Waals surface area contributed by atoms with Gasteiger partial charge in [0.25, 0.3) is 0 Å². The molecule has 1 N–H and O–H groups in total. The number of ketones is 1. The molecule has 116 valence electrons. The number of hydrogen-bond acceptors (Lipinski definition) is 3. The van der Waals surface area contributed by atoms with Crippen molar-refractivity contribution in [2.24, 2.45) is 4.99 Å². The summed E-state index contributed by atoms with van der Waals surface area (Å²) >= 11 is 0. The van der Waals surface area contributed by atoms with E-state index in [1.165, 1.54) is 12.1 Å². The highest BCUT2D eigenvalue weighted by Crippen LogP contribution is 2.26. The van der Waals surface area contributed by atoms with Crippen LogP contribution in [0.15, 0.2) is 65.2 Å². The highest BCUT2D eigenvalue weighted by Gasteiger charge is 2.28. The molecule has 3 rings (SSSR count). The SMILES string of the molecule is O=C1CCC(=NCc2ccc(F)cc2)/C1=C(/O)c1ccccc1. The smallest absolute Gasteiger partial charge is 0.168 e. The van der Waals surface area contributed by atoms with Crippen LogP contribution in [-0.2, 0) is 11.3 Å². The quantitative estimate of drug-likeness (QED) is 0.685. The lowest BCUT2D eigenvalue weighted by molar-refractivity contribution is -0.114. The zero-order valence-electron chi connectivity index (χ0n) is 12.5. The third-order valence-electron chi connectivity index (χ3n) is 3.81. The van der Waals surface area contributed by atoms with Gasteiger partial charge in [-0.25, -0.2) is 4.39 Å². The van der Waals surface area contributed by atoms with E-state index < -0.39 is 0 Å². The minimum absolute atomic E-state index is 0.0223. The number of hydrogen-bond donors (Lipinski definition) is 1. The van der Waals surface area contributed by atoms with E-state index in [1.807, 2.05) is 6.07 Å². The molecule has 0 heterocycles. The zero-order valence-corrected chi connectivity index (χ0v) is 12.5. The van der Waals surface area contributed by atoms with Gasteiger partial charge in [0.15, 0.2) is 5.78 Å². The number of allylic oxidation sites excluding steroid dienone is 1. The Morgan fingerprint density at radius 1 is 1.04 bits per heavy atom. The lowest BCUT2D eigenvalue weighted by Gasteiger charge is -2.06. The van der Waals surface area contributed by atoms with Gasteiger partial charge in [-0.05, 0) is 24.1 Å². The van der Waals surface area contributed by atoms with Crippen molar-refractivity contribution in [2.75, 3.05) is 0 Å². The molecule has 0 amide bonds. The molecule has 1 saturated carbocycles. The highest BCUT2D eigenvalue weighted by molar-refractivity contribution is 6.30. The van der Waals surface area contributed by atoms with Crippen LogP contribution in [0.25, 0.3) is 5.76 Å². The fourth-order valence-electron chi connectivity index (χ4n) is 2.59. The van der Waals surface area contributed by atoms with Crippen LogP contribution in [0.4, 0.5) is 4.39 Å². The van der Waals surface area contributed by atoms with Gasteiger partial charge in [0, 0.05) is 12.0 Å². The first kappa shape index (κ1) is 15.2. The molecule has 4 heteroatoms. The van der Waals surface area contributed by atoms with Crippen molar-refractivity contribution >= 4 is 17.3 Å². The molecule has 0 aliphatic heterocycles. The van der Waals surface area contributed by atoms with Gasteiger partial charge in [0.1, 0.15) is 11.6 Å². The lowest BCUT2D eigenvalue weighted by Crippen LogP contribution is -2.05. The summed E-state index contributed by atoms with van der Waals surface area (Å²) in [5, 5.41) is 10.4. The van der Waals surface area contributed by atoms with Crippen molar-refractivity contribution in [3.8, 4) is 0 Å². The standard InChI is InChI=1S/C19H16FNO2/c20-15-8-6-13(7-9-15)12-21-16-10-11-17(22)18(16)19(23)14-4-2-1-3-5-14/h1-9,23H,10-12H2/b19-18-,21-16?. The highest BCUT2D eigenvalue weighted by atomic mass is 19.1. The summed E-state index contributed by atoms with van der Waals surface area (Å²) in [6, 6.07) is 15.1. The Balaban J connectivity index is 1.90. The molecule has 3 nitrogen and oxygen atoms in total. The second kappa shape index (κ2) is 6.57. The summed E-state index contributed by atoms with van der Waals surface area (Å²) in [4.78, 5) is 16.6. The molecule has 0 bridgehead atoms. The first-order valence-corrected chi connectivity index (χ1v) is 7.45.